The largest absolute Gasteiger partial charge is 0.497 e. The molecule has 0 radical (unpaired) electrons. The second-order valence-corrected chi connectivity index (χ2v) is 8.90. The molecule has 4 aromatic rings. The third-order valence-corrected chi connectivity index (χ3v) is 6.50. The van der Waals surface area contributed by atoms with Gasteiger partial charge in [0.2, 0.25) is 16.9 Å². The van der Waals surface area contributed by atoms with Crippen LogP contribution < -0.4 is 15.0 Å². The molecule has 9 heteroatoms. The summed E-state index contributed by atoms with van der Waals surface area (Å²) in [6, 6.07) is 18.9. The number of hydrogen-bond acceptors (Lipinski definition) is 6. The third kappa shape index (κ3) is 4.29. The molecule has 8 nitrogen and oxygen atoms in total. The van der Waals surface area contributed by atoms with Gasteiger partial charge in [-0.3, -0.25) is 9.59 Å². The minimum absolute atomic E-state index is 0.0566. The van der Waals surface area contributed by atoms with Gasteiger partial charge in [0.1, 0.15) is 11.6 Å². The Labute approximate surface area is 200 Å². The molecule has 1 N–H and O–H groups in total. The molecule has 1 unspecified atom stereocenters. The Kier molecular flexibility index (Phi) is 5.85. The zero-order valence-electron chi connectivity index (χ0n) is 18.8. The lowest BCUT2D eigenvalue weighted by Crippen LogP contribution is -2.28. The van der Waals surface area contributed by atoms with Gasteiger partial charge in [-0.1, -0.05) is 30.3 Å². The van der Waals surface area contributed by atoms with Crippen molar-refractivity contribution in [1.82, 2.24) is 14.8 Å². The zero-order chi connectivity index (χ0) is 23.7. The van der Waals surface area contributed by atoms with Crippen LogP contribution in [0.5, 0.6) is 5.75 Å². The number of rotatable bonds is 6. The third-order valence-electron chi connectivity index (χ3n) is 5.69. The molecular formula is C25H23N5O3S. The molecule has 1 saturated heterocycles. The minimum atomic E-state index is -0.444. The SMILES string of the molecule is COc1cccc(-c2csc(-n3nc(C)cc3NC(=O)C3CC(=O)N(c4ccccc4)C3)n2)c1. The number of thiazole rings is 1. The highest BCUT2D eigenvalue weighted by atomic mass is 32.1. The number of aryl methyl sites for hydroxylation is 1. The number of hydrogen-bond donors (Lipinski definition) is 1. The van der Waals surface area contributed by atoms with Crippen LogP contribution in [0.25, 0.3) is 16.4 Å². The van der Waals surface area contributed by atoms with Crippen molar-refractivity contribution in [3.8, 4) is 22.1 Å². The van der Waals surface area contributed by atoms with E-state index in [1.54, 1.807) is 22.8 Å². The number of ether oxygens (including phenoxy) is 1. The van der Waals surface area contributed by atoms with Crippen molar-refractivity contribution < 1.29 is 14.3 Å². The van der Waals surface area contributed by atoms with Crippen LogP contribution in [0, 0.1) is 12.8 Å². The van der Waals surface area contributed by atoms with Gasteiger partial charge in [-0.15, -0.1) is 11.3 Å². The number of aromatic nitrogens is 3. The lowest BCUT2D eigenvalue weighted by Gasteiger charge is -2.16. The molecule has 1 atom stereocenters. The fraction of sp³-hybridized carbons (Fsp3) is 0.200. The van der Waals surface area contributed by atoms with Crippen LogP contribution in [0.1, 0.15) is 12.1 Å². The van der Waals surface area contributed by atoms with Gasteiger partial charge in [0.15, 0.2) is 0 Å². The van der Waals surface area contributed by atoms with Crippen LogP contribution in [-0.2, 0) is 9.59 Å². The zero-order valence-corrected chi connectivity index (χ0v) is 19.6. The first-order chi connectivity index (χ1) is 16.5. The maximum absolute atomic E-state index is 13.1. The summed E-state index contributed by atoms with van der Waals surface area (Å²) in [5.74, 6) is 0.571. The Morgan fingerprint density at radius 2 is 1.97 bits per heavy atom. The highest BCUT2D eigenvalue weighted by Gasteiger charge is 2.35. The van der Waals surface area contributed by atoms with Crippen molar-refractivity contribution in [3.63, 3.8) is 0 Å². The number of amides is 2. The summed E-state index contributed by atoms with van der Waals surface area (Å²) >= 11 is 1.43. The number of anilines is 2. The highest BCUT2D eigenvalue weighted by molar-refractivity contribution is 7.12. The molecule has 0 bridgehead atoms. The Morgan fingerprint density at radius 1 is 1.15 bits per heavy atom. The first-order valence-electron chi connectivity index (χ1n) is 10.8. The van der Waals surface area contributed by atoms with Crippen molar-refractivity contribution in [2.45, 2.75) is 13.3 Å². The number of para-hydroxylation sites is 1. The van der Waals surface area contributed by atoms with Gasteiger partial charge in [-0.25, -0.2) is 4.98 Å². The van der Waals surface area contributed by atoms with Crippen LogP contribution in [0.15, 0.2) is 66.0 Å². The maximum Gasteiger partial charge on any atom is 0.230 e. The van der Waals surface area contributed by atoms with Crippen molar-refractivity contribution >= 4 is 34.7 Å². The molecule has 0 spiro atoms. The van der Waals surface area contributed by atoms with Crippen LogP contribution >= 0.6 is 11.3 Å². The molecule has 34 heavy (non-hydrogen) atoms. The number of methoxy groups -OCH3 is 1. The van der Waals surface area contributed by atoms with Crippen molar-refractivity contribution in [2.24, 2.45) is 5.92 Å². The van der Waals surface area contributed by atoms with Crippen molar-refractivity contribution in [1.29, 1.82) is 0 Å². The van der Waals surface area contributed by atoms with E-state index in [9.17, 15) is 9.59 Å². The van der Waals surface area contributed by atoms with E-state index in [1.807, 2.05) is 66.9 Å². The van der Waals surface area contributed by atoms with E-state index in [0.717, 1.165) is 28.4 Å². The lowest BCUT2D eigenvalue weighted by atomic mass is 10.1. The lowest BCUT2D eigenvalue weighted by molar-refractivity contribution is -0.122. The number of nitrogens with one attached hydrogen (secondary N) is 1. The van der Waals surface area contributed by atoms with E-state index in [0.29, 0.717) is 17.5 Å². The van der Waals surface area contributed by atoms with Gasteiger partial charge >= 0.3 is 0 Å². The fourth-order valence-electron chi connectivity index (χ4n) is 3.98. The summed E-state index contributed by atoms with van der Waals surface area (Å²) in [5.41, 5.74) is 3.28. The topological polar surface area (TPSA) is 89.3 Å². The Morgan fingerprint density at radius 3 is 2.76 bits per heavy atom. The van der Waals surface area contributed by atoms with Crippen LogP contribution in [0.4, 0.5) is 11.5 Å². The van der Waals surface area contributed by atoms with E-state index in [-0.39, 0.29) is 18.2 Å². The van der Waals surface area contributed by atoms with E-state index in [4.69, 9.17) is 9.72 Å². The monoisotopic (exact) mass is 473 g/mol. The summed E-state index contributed by atoms with van der Waals surface area (Å²) < 4.78 is 6.94. The molecule has 172 valence electrons. The first kappa shape index (κ1) is 21.8. The van der Waals surface area contributed by atoms with Gasteiger partial charge in [-0.2, -0.15) is 9.78 Å². The molecule has 2 aromatic carbocycles. The summed E-state index contributed by atoms with van der Waals surface area (Å²) in [6.07, 6.45) is 0.172. The van der Waals surface area contributed by atoms with Gasteiger partial charge in [0.25, 0.3) is 0 Å². The number of carbonyl (C=O) groups excluding carboxylic acids is 2. The number of carbonyl (C=O) groups is 2. The van der Waals surface area contributed by atoms with E-state index < -0.39 is 5.92 Å². The molecule has 1 aliphatic rings. The summed E-state index contributed by atoms with van der Waals surface area (Å²) in [7, 11) is 1.63. The quantitative estimate of drug-likeness (QED) is 0.451. The maximum atomic E-state index is 13.1. The summed E-state index contributed by atoms with van der Waals surface area (Å²) in [5, 5.41) is 10.1. The smallest absolute Gasteiger partial charge is 0.230 e. The highest BCUT2D eigenvalue weighted by Crippen LogP contribution is 2.30. The average Bonchev–Trinajstić information content (AvgIpc) is 3.58. The van der Waals surface area contributed by atoms with Crippen LogP contribution in [0.3, 0.4) is 0 Å². The summed E-state index contributed by atoms with van der Waals surface area (Å²) in [6.45, 7) is 2.21. The number of benzene rings is 2. The molecule has 5 rings (SSSR count). The van der Waals surface area contributed by atoms with Gasteiger partial charge in [-0.05, 0) is 31.2 Å². The fourth-order valence-corrected chi connectivity index (χ4v) is 4.78. The second kappa shape index (κ2) is 9.11. The molecule has 0 saturated carbocycles. The van der Waals surface area contributed by atoms with E-state index >= 15 is 0 Å². The molecule has 0 aliphatic carbocycles. The standard InChI is InChI=1S/C25H23N5O3S/c1-16-11-22(27-24(32)18-13-23(31)29(14-18)19-8-4-3-5-9-19)30(28-16)25-26-21(15-34-25)17-7-6-10-20(12-17)33-2/h3-12,15,18H,13-14H2,1-2H3,(H,27,32). The van der Waals surface area contributed by atoms with Crippen molar-refractivity contribution in [3.05, 3.63) is 71.7 Å². The second-order valence-electron chi connectivity index (χ2n) is 8.06. The van der Waals surface area contributed by atoms with Crippen LogP contribution in [-0.4, -0.2) is 40.2 Å². The minimum Gasteiger partial charge on any atom is -0.497 e. The Balaban J connectivity index is 1.34. The van der Waals surface area contributed by atoms with Crippen molar-refractivity contribution in [2.75, 3.05) is 23.9 Å². The molecule has 3 heterocycles. The molecule has 1 aliphatic heterocycles. The van der Waals surface area contributed by atoms with Gasteiger partial charge < -0.3 is 15.0 Å². The number of nitrogens with zero attached hydrogens (tertiary/aromatic N) is 4. The normalized spacial score (nSPS) is 15.5. The van der Waals surface area contributed by atoms with Gasteiger partial charge in [0.05, 0.1) is 24.4 Å². The average molecular weight is 474 g/mol. The first-order valence-corrected chi connectivity index (χ1v) is 11.7. The predicted molar refractivity (Wildman–Crippen MR) is 131 cm³/mol. The molecule has 2 aromatic heterocycles. The molecule has 1 fully saturated rings. The Bertz CT molecular complexity index is 1350. The Hall–Kier alpha value is -3.98. The van der Waals surface area contributed by atoms with E-state index in [2.05, 4.69) is 10.4 Å². The van der Waals surface area contributed by atoms with E-state index in [1.165, 1.54) is 11.3 Å². The van der Waals surface area contributed by atoms with Crippen LogP contribution in [0.2, 0.25) is 0 Å². The molecule has 2 amide bonds. The summed E-state index contributed by atoms with van der Waals surface area (Å²) in [4.78, 5) is 32.0. The molecular weight excluding hydrogens is 450 g/mol. The van der Waals surface area contributed by atoms with Gasteiger partial charge in [0, 0.05) is 35.7 Å². The predicted octanol–water partition coefficient (Wildman–Crippen LogP) is 4.30.